The van der Waals surface area contributed by atoms with E-state index in [0.717, 1.165) is 6.42 Å². The van der Waals surface area contributed by atoms with Gasteiger partial charge in [-0.25, -0.2) is 0 Å². The van der Waals surface area contributed by atoms with Gasteiger partial charge >= 0.3 is 0 Å². The molecule has 1 aromatic carbocycles. The van der Waals surface area contributed by atoms with E-state index < -0.39 is 6.04 Å². The lowest BCUT2D eigenvalue weighted by atomic mass is 10.0. The summed E-state index contributed by atoms with van der Waals surface area (Å²) in [5.41, 5.74) is 0.386. The van der Waals surface area contributed by atoms with E-state index in [1.807, 2.05) is 13.8 Å². The van der Waals surface area contributed by atoms with Gasteiger partial charge in [0, 0.05) is 18.2 Å². The summed E-state index contributed by atoms with van der Waals surface area (Å²) in [5.74, 6) is 1.01. The standard InChI is InChI=1S/C19H30N2O4/c1-12(2)7-8-20-19(23)17(13(3)4)21-18(22)14-9-15(24-5)11-16(10-14)25-6/h9-13,17H,7-8H2,1-6H3,(H,20,23)(H,21,22). The lowest BCUT2D eigenvalue weighted by Gasteiger charge is -2.22. The quantitative estimate of drug-likeness (QED) is 0.718. The van der Waals surface area contributed by atoms with Crippen LogP contribution >= 0.6 is 0 Å². The van der Waals surface area contributed by atoms with Gasteiger partial charge in [0.1, 0.15) is 17.5 Å². The highest BCUT2D eigenvalue weighted by atomic mass is 16.5. The Morgan fingerprint density at radius 3 is 2.00 bits per heavy atom. The highest BCUT2D eigenvalue weighted by Crippen LogP contribution is 2.22. The average Bonchev–Trinajstić information content (AvgIpc) is 2.57. The van der Waals surface area contributed by atoms with Gasteiger partial charge < -0.3 is 20.1 Å². The van der Waals surface area contributed by atoms with Crippen molar-refractivity contribution in [2.24, 2.45) is 11.8 Å². The van der Waals surface area contributed by atoms with Gasteiger partial charge in [0.2, 0.25) is 5.91 Å². The summed E-state index contributed by atoms with van der Waals surface area (Å²) in [4.78, 5) is 25.0. The van der Waals surface area contributed by atoms with Crippen molar-refractivity contribution in [1.29, 1.82) is 0 Å². The molecule has 0 saturated heterocycles. The van der Waals surface area contributed by atoms with Crippen LogP contribution in [0.2, 0.25) is 0 Å². The maximum Gasteiger partial charge on any atom is 0.252 e. The smallest absolute Gasteiger partial charge is 0.252 e. The fourth-order valence-electron chi connectivity index (χ4n) is 2.29. The Hall–Kier alpha value is -2.24. The first-order valence-corrected chi connectivity index (χ1v) is 8.60. The molecule has 25 heavy (non-hydrogen) atoms. The van der Waals surface area contributed by atoms with E-state index in [9.17, 15) is 9.59 Å². The zero-order valence-electron chi connectivity index (χ0n) is 16.0. The highest BCUT2D eigenvalue weighted by Gasteiger charge is 2.25. The lowest BCUT2D eigenvalue weighted by Crippen LogP contribution is -2.50. The highest BCUT2D eigenvalue weighted by molar-refractivity contribution is 5.98. The van der Waals surface area contributed by atoms with Crippen molar-refractivity contribution in [2.75, 3.05) is 20.8 Å². The number of hydrogen-bond acceptors (Lipinski definition) is 4. The summed E-state index contributed by atoms with van der Waals surface area (Å²) in [6, 6.07) is 4.32. The first kappa shape index (κ1) is 20.8. The molecule has 0 aliphatic rings. The zero-order chi connectivity index (χ0) is 19.0. The minimum Gasteiger partial charge on any atom is -0.497 e. The molecular weight excluding hydrogens is 320 g/mol. The van der Waals surface area contributed by atoms with E-state index in [4.69, 9.17) is 9.47 Å². The molecule has 0 aromatic heterocycles. The van der Waals surface area contributed by atoms with E-state index in [2.05, 4.69) is 24.5 Å². The molecule has 0 aliphatic carbocycles. The van der Waals surface area contributed by atoms with Crippen molar-refractivity contribution in [2.45, 2.75) is 40.2 Å². The predicted octanol–water partition coefficient (Wildman–Crippen LogP) is 2.62. The predicted molar refractivity (Wildman–Crippen MR) is 98.1 cm³/mol. The molecule has 140 valence electrons. The molecule has 1 aromatic rings. The molecule has 0 heterocycles. The number of carbonyl (C=O) groups is 2. The van der Waals surface area contributed by atoms with Crippen LogP contribution in [0, 0.1) is 11.8 Å². The van der Waals surface area contributed by atoms with Gasteiger partial charge in [0.25, 0.3) is 5.91 Å². The number of methoxy groups -OCH3 is 2. The Bertz CT molecular complexity index is 563. The number of amides is 2. The molecule has 0 radical (unpaired) electrons. The Kier molecular flexibility index (Phi) is 8.25. The molecule has 6 nitrogen and oxygen atoms in total. The Morgan fingerprint density at radius 1 is 1.00 bits per heavy atom. The third-order valence-electron chi connectivity index (χ3n) is 3.87. The van der Waals surface area contributed by atoms with Crippen molar-refractivity contribution < 1.29 is 19.1 Å². The lowest BCUT2D eigenvalue weighted by molar-refractivity contribution is -0.123. The molecule has 1 unspecified atom stereocenters. The first-order chi connectivity index (χ1) is 11.8. The third kappa shape index (κ3) is 6.64. The van der Waals surface area contributed by atoms with Crippen molar-refractivity contribution in [3.8, 4) is 11.5 Å². The van der Waals surface area contributed by atoms with Crippen LogP contribution in [-0.4, -0.2) is 38.6 Å². The SMILES string of the molecule is COc1cc(OC)cc(C(=O)NC(C(=O)NCCC(C)C)C(C)C)c1. The Labute approximate surface area is 150 Å². The number of ether oxygens (including phenoxy) is 2. The first-order valence-electron chi connectivity index (χ1n) is 8.60. The summed E-state index contributed by atoms with van der Waals surface area (Å²) in [6.45, 7) is 8.61. The van der Waals surface area contributed by atoms with Crippen LogP contribution in [0.4, 0.5) is 0 Å². The van der Waals surface area contributed by atoms with Gasteiger partial charge in [-0.1, -0.05) is 27.7 Å². The monoisotopic (exact) mass is 350 g/mol. The molecule has 0 aliphatic heterocycles. The molecular formula is C19H30N2O4. The van der Waals surface area contributed by atoms with E-state index in [-0.39, 0.29) is 17.7 Å². The summed E-state index contributed by atoms with van der Waals surface area (Å²) in [6.07, 6.45) is 0.900. The van der Waals surface area contributed by atoms with Gasteiger partial charge in [-0.15, -0.1) is 0 Å². The second-order valence-electron chi connectivity index (χ2n) is 6.77. The maximum atomic E-state index is 12.6. The van der Waals surface area contributed by atoms with Crippen LogP contribution in [0.15, 0.2) is 18.2 Å². The van der Waals surface area contributed by atoms with Crippen molar-refractivity contribution in [1.82, 2.24) is 10.6 Å². The number of rotatable bonds is 9. The molecule has 6 heteroatoms. The van der Waals surface area contributed by atoms with Gasteiger partial charge in [-0.2, -0.15) is 0 Å². The van der Waals surface area contributed by atoms with Gasteiger partial charge in [-0.3, -0.25) is 9.59 Å². The number of benzene rings is 1. The molecule has 0 fully saturated rings. The van der Waals surface area contributed by atoms with Crippen LogP contribution in [0.5, 0.6) is 11.5 Å². The van der Waals surface area contributed by atoms with E-state index in [0.29, 0.717) is 29.5 Å². The van der Waals surface area contributed by atoms with Crippen LogP contribution < -0.4 is 20.1 Å². The molecule has 0 bridgehead atoms. The van der Waals surface area contributed by atoms with Crippen molar-refractivity contribution in [3.05, 3.63) is 23.8 Å². The summed E-state index contributed by atoms with van der Waals surface area (Å²) < 4.78 is 10.4. The van der Waals surface area contributed by atoms with Crippen LogP contribution in [0.25, 0.3) is 0 Å². The average molecular weight is 350 g/mol. The normalized spacial score (nSPS) is 12.0. The summed E-state index contributed by atoms with van der Waals surface area (Å²) in [7, 11) is 3.05. The second kappa shape index (κ2) is 9.91. The Balaban J connectivity index is 2.84. The fourth-order valence-corrected chi connectivity index (χ4v) is 2.29. The summed E-state index contributed by atoms with van der Waals surface area (Å²) in [5, 5.41) is 5.71. The van der Waals surface area contributed by atoms with Gasteiger partial charge in [-0.05, 0) is 30.4 Å². The molecule has 1 atom stereocenters. The Morgan fingerprint density at radius 2 is 1.56 bits per heavy atom. The molecule has 1 rings (SSSR count). The maximum absolute atomic E-state index is 12.6. The second-order valence-corrected chi connectivity index (χ2v) is 6.77. The van der Waals surface area contributed by atoms with E-state index >= 15 is 0 Å². The largest absolute Gasteiger partial charge is 0.497 e. The topological polar surface area (TPSA) is 76.7 Å². The van der Waals surface area contributed by atoms with Crippen LogP contribution in [0.3, 0.4) is 0 Å². The number of nitrogens with one attached hydrogen (secondary N) is 2. The fraction of sp³-hybridized carbons (Fsp3) is 0.579. The third-order valence-corrected chi connectivity index (χ3v) is 3.87. The zero-order valence-corrected chi connectivity index (χ0v) is 16.0. The number of hydrogen-bond donors (Lipinski definition) is 2. The minimum atomic E-state index is -0.600. The molecule has 0 saturated carbocycles. The summed E-state index contributed by atoms with van der Waals surface area (Å²) >= 11 is 0. The molecule has 0 spiro atoms. The van der Waals surface area contributed by atoms with Crippen molar-refractivity contribution >= 4 is 11.8 Å². The minimum absolute atomic E-state index is 0.0319. The molecule has 2 N–H and O–H groups in total. The molecule has 2 amide bonds. The van der Waals surface area contributed by atoms with Gasteiger partial charge in [0.05, 0.1) is 14.2 Å². The van der Waals surface area contributed by atoms with Crippen LogP contribution in [0.1, 0.15) is 44.5 Å². The van der Waals surface area contributed by atoms with E-state index in [1.165, 1.54) is 14.2 Å². The number of carbonyl (C=O) groups excluding carboxylic acids is 2. The van der Waals surface area contributed by atoms with Crippen molar-refractivity contribution in [3.63, 3.8) is 0 Å². The van der Waals surface area contributed by atoms with Gasteiger partial charge in [0.15, 0.2) is 0 Å². The van der Waals surface area contributed by atoms with Crippen LogP contribution in [-0.2, 0) is 4.79 Å². The van der Waals surface area contributed by atoms with E-state index in [1.54, 1.807) is 18.2 Å².